The van der Waals surface area contributed by atoms with Gasteiger partial charge in [0.15, 0.2) is 0 Å². The van der Waals surface area contributed by atoms with Crippen LogP contribution in [0.1, 0.15) is 34.6 Å². The van der Waals surface area contributed by atoms with Gasteiger partial charge in [-0.3, -0.25) is 9.48 Å². The number of aromatic amines is 1. The van der Waals surface area contributed by atoms with E-state index in [1.807, 2.05) is 36.0 Å². The van der Waals surface area contributed by atoms with E-state index >= 15 is 0 Å². The summed E-state index contributed by atoms with van der Waals surface area (Å²) in [4.78, 5) is 23.5. The number of fused-ring (bicyclic) bond motifs is 1. The van der Waals surface area contributed by atoms with Crippen LogP contribution in [0.3, 0.4) is 0 Å². The van der Waals surface area contributed by atoms with Crippen LogP contribution >= 0.6 is 0 Å². The number of H-pyrrole nitrogens is 1. The quantitative estimate of drug-likeness (QED) is 0.581. The third kappa shape index (κ3) is 3.32. The van der Waals surface area contributed by atoms with E-state index < -0.39 is 0 Å². The molecule has 7 nitrogen and oxygen atoms in total. The van der Waals surface area contributed by atoms with Crippen molar-refractivity contribution in [2.45, 2.75) is 19.5 Å². The molecule has 0 aliphatic heterocycles. The lowest BCUT2D eigenvalue weighted by atomic mass is 10.2. The van der Waals surface area contributed by atoms with Crippen LogP contribution in [0.4, 0.5) is 0 Å². The molecule has 0 saturated heterocycles. The molecule has 0 saturated carbocycles. The summed E-state index contributed by atoms with van der Waals surface area (Å²) in [5.41, 5.74) is 3.24. The third-order valence-electron chi connectivity index (χ3n) is 4.23. The number of rotatable bonds is 5. The molecule has 26 heavy (non-hydrogen) atoms. The normalized spacial score (nSPS) is 12.2. The van der Waals surface area contributed by atoms with E-state index in [2.05, 4.69) is 37.5 Å². The average molecular weight is 346 g/mol. The molecule has 1 atom stereocenters. The van der Waals surface area contributed by atoms with E-state index in [-0.39, 0.29) is 11.9 Å². The molecule has 1 aromatic carbocycles. The van der Waals surface area contributed by atoms with Crippen LogP contribution in [0.25, 0.3) is 11.0 Å². The Labute approximate surface area is 150 Å². The second-order valence-corrected chi connectivity index (χ2v) is 6.16. The molecule has 130 valence electrons. The number of benzene rings is 1. The second-order valence-electron chi connectivity index (χ2n) is 6.16. The maximum absolute atomic E-state index is 12.5. The maximum Gasteiger partial charge on any atom is 0.268 e. The maximum atomic E-state index is 12.5. The summed E-state index contributed by atoms with van der Waals surface area (Å²) < 4.78 is 1.87. The van der Waals surface area contributed by atoms with E-state index in [0.29, 0.717) is 17.9 Å². The Morgan fingerprint density at radius 1 is 1.27 bits per heavy atom. The third-order valence-corrected chi connectivity index (χ3v) is 4.23. The van der Waals surface area contributed by atoms with Crippen LogP contribution in [0.5, 0.6) is 0 Å². The number of carbonyl (C=O) groups is 1. The van der Waals surface area contributed by atoms with Crippen LogP contribution in [-0.4, -0.2) is 30.6 Å². The van der Waals surface area contributed by atoms with Gasteiger partial charge in [0.05, 0.1) is 18.8 Å². The topological polar surface area (TPSA) is 88.5 Å². The van der Waals surface area contributed by atoms with Crippen LogP contribution in [-0.2, 0) is 6.54 Å². The summed E-state index contributed by atoms with van der Waals surface area (Å²) in [6, 6.07) is 11.7. The van der Waals surface area contributed by atoms with Crippen molar-refractivity contribution in [2.24, 2.45) is 0 Å². The predicted molar refractivity (Wildman–Crippen MR) is 97.5 cm³/mol. The van der Waals surface area contributed by atoms with Crippen molar-refractivity contribution in [3.63, 3.8) is 0 Å². The van der Waals surface area contributed by atoms with Crippen LogP contribution in [0.2, 0.25) is 0 Å². The second kappa shape index (κ2) is 6.79. The minimum Gasteiger partial charge on any atom is -0.344 e. The monoisotopic (exact) mass is 346 g/mol. The first-order valence-electron chi connectivity index (χ1n) is 8.35. The number of nitrogens with zero attached hydrogens (tertiary/aromatic N) is 4. The Morgan fingerprint density at radius 2 is 2.12 bits per heavy atom. The fraction of sp³-hybridized carbons (Fsp3) is 0.158. The zero-order valence-electron chi connectivity index (χ0n) is 14.3. The lowest BCUT2D eigenvalue weighted by Gasteiger charge is -2.11. The minimum absolute atomic E-state index is 0.162. The molecule has 3 aromatic heterocycles. The van der Waals surface area contributed by atoms with E-state index in [0.717, 1.165) is 10.9 Å². The summed E-state index contributed by atoms with van der Waals surface area (Å²) in [6.07, 6.45) is 6.86. The fourth-order valence-corrected chi connectivity index (χ4v) is 2.81. The highest BCUT2D eigenvalue weighted by molar-refractivity contribution is 5.97. The lowest BCUT2D eigenvalue weighted by Crippen LogP contribution is -2.26. The number of amides is 1. The number of nitrogens with one attached hydrogen (secondary N) is 2. The highest BCUT2D eigenvalue weighted by atomic mass is 16.1. The molecule has 0 aliphatic rings. The van der Waals surface area contributed by atoms with E-state index in [9.17, 15) is 4.79 Å². The first-order valence-corrected chi connectivity index (χ1v) is 8.35. The molecule has 0 spiro atoms. The first kappa shape index (κ1) is 16.0. The van der Waals surface area contributed by atoms with Crippen LogP contribution in [0, 0.1) is 0 Å². The smallest absolute Gasteiger partial charge is 0.268 e. The Hall–Kier alpha value is -3.48. The molecular weight excluding hydrogens is 328 g/mol. The summed E-state index contributed by atoms with van der Waals surface area (Å²) in [5, 5.41) is 8.17. The van der Waals surface area contributed by atoms with E-state index in [1.54, 1.807) is 18.5 Å². The van der Waals surface area contributed by atoms with Gasteiger partial charge in [0.1, 0.15) is 17.7 Å². The van der Waals surface area contributed by atoms with Crippen molar-refractivity contribution in [1.29, 1.82) is 0 Å². The predicted octanol–water partition coefficient (Wildman–Crippen LogP) is 2.69. The van der Waals surface area contributed by atoms with Gasteiger partial charge in [0.25, 0.3) is 5.91 Å². The van der Waals surface area contributed by atoms with Crippen molar-refractivity contribution in [1.82, 2.24) is 30.0 Å². The van der Waals surface area contributed by atoms with Gasteiger partial charge < -0.3 is 10.3 Å². The summed E-state index contributed by atoms with van der Waals surface area (Å²) >= 11 is 0. The van der Waals surface area contributed by atoms with Crippen LogP contribution < -0.4 is 5.32 Å². The number of aromatic nitrogens is 5. The molecule has 0 fully saturated rings. The highest BCUT2D eigenvalue weighted by Crippen LogP contribution is 2.15. The van der Waals surface area contributed by atoms with Crippen LogP contribution in [0.15, 0.2) is 61.3 Å². The van der Waals surface area contributed by atoms with E-state index in [1.165, 1.54) is 11.9 Å². The molecule has 2 N–H and O–H groups in total. The summed E-state index contributed by atoms with van der Waals surface area (Å²) in [5.74, 6) is -0.189. The van der Waals surface area contributed by atoms with Gasteiger partial charge in [-0.1, -0.05) is 30.3 Å². The van der Waals surface area contributed by atoms with Crippen molar-refractivity contribution >= 4 is 16.9 Å². The molecule has 4 rings (SSSR count). The first-order chi connectivity index (χ1) is 12.7. The van der Waals surface area contributed by atoms with Crippen molar-refractivity contribution in [3.8, 4) is 0 Å². The molecule has 0 radical (unpaired) electrons. The molecule has 1 unspecified atom stereocenters. The Kier molecular flexibility index (Phi) is 4.18. The molecule has 1 amide bonds. The van der Waals surface area contributed by atoms with Gasteiger partial charge in [-0.2, -0.15) is 5.10 Å². The van der Waals surface area contributed by atoms with Crippen molar-refractivity contribution in [2.75, 3.05) is 0 Å². The molecule has 4 aromatic rings. The Morgan fingerprint density at radius 3 is 2.92 bits per heavy atom. The number of carbonyl (C=O) groups excluding carboxylic acids is 1. The van der Waals surface area contributed by atoms with Gasteiger partial charge in [-0.25, -0.2) is 9.97 Å². The van der Waals surface area contributed by atoms with Crippen molar-refractivity contribution < 1.29 is 4.79 Å². The van der Waals surface area contributed by atoms with E-state index in [4.69, 9.17) is 0 Å². The zero-order valence-corrected chi connectivity index (χ0v) is 14.3. The fourth-order valence-electron chi connectivity index (χ4n) is 2.81. The van der Waals surface area contributed by atoms with Gasteiger partial charge in [0, 0.05) is 23.3 Å². The SMILES string of the molecule is CC(NC(=O)c1cc2cncnc2[nH]1)c1cnn(Cc2ccccc2)c1. The minimum atomic E-state index is -0.189. The number of hydrogen-bond acceptors (Lipinski definition) is 4. The Balaban J connectivity index is 1.44. The lowest BCUT2D eigenvalue weighted by molar-refractivity contribution is 0.0935. The summed E-state index contributed by atoms with van der Waals surface area (Å²) in [6.45, 7) is 2.63. The average Bonchev–Trinajstić information content (AvgIpc) is 3.29. The Bertz CT molecular complexity index is 1000. The largest absolute Gasteiger partial charge is 0.344 e. The van der Waals surface area contributed by atoms with Crippen molar-refractivity contribution in [3.05, 3.63) is 78.1 Å². The van der Waals surface area contributed by atoms with Gasteiger partial charge >= 0.3 is 0 Å². The zero-order chi connectivity index (χ0) is 17.9. The molecule has 3 heterocycles. The highest BCUT2D eigenvalue weighted by Gasteiger charge is 2.15. The molecule has 0 aliphatic carbocycles. The molecule has 7 heteroatoms. The number of hydrogen-bond donors (Lipinski definition) is 2. The van der Waals surface area contributed by atoms with Gasteiger partial charge in [-0.15, -0.1) is 0 Å². The molecular formula is C19H18N6O. The standard InChI is InChI=1S/C19H18N6O/c1-13(16-9-22-25(11-16)10-14-5-3-2-4-6-14)23-19(26)17-7-15-8-20-12-21-18(15)24-17/h2-9,11-13H,10H2,1H3,(H,23,26)(H,20,21,24). The van der Waals surface area contributed by atoms with Gasteiger partial charge in [-0.05, 0) is 18.6 Å². The molecule has 0 bridgehead atoms. The summed E-state index contributed by atoms with van der Waals surface area (Å²) in [7, 11) is 0. The van der Waals surface area contributed by atoms with Gasteiger partial charge in [0.2, 0.25) is 0 Å².